The zero-order chi connectivity index (χ0) is 33.1. The molecule has 0 saturated carbocycles. The number of primary amides is 1. The van der Waals surface area contributed by atoms with E-state index in [1.165, 1.54) is 23.0 Å². The molecule has 0 radical (unpaired) electrons. The maximum atomic E-state index is 14.3. The number of amides is 3. The number of benzene rings is 2. The van der Waals surface area contributed by atoms with Gasteiger partial charge in [0.2, 0.25) is 5.91 Å². The predicted octanol–water partition coefficient (Wildman–Crippen LogP) is 4.16. The number of hydrogen-bond acceptors (Lipinski definition) is 6. The van der Waals surface area contributed by atoms with E-state index in [4.69, 9.17) is 10.5 Å². The van der Waals surface area contributed by atoms with E-state index in [1.807, 2.05) is 13.8 Å². The molecule has 46 heavy (non-hydrogen) atoms. The first-order chi connectivity index (χ1) is 21.9. The third-order valence-electron chi connectivity index (χ3n) is 7.78. The predicted molar refractivity (Wildman–Crippen MR) is 162 cm³/mol. The van der Waals surface area contributed by atoms with Crippen LogP contribution in [0.4, 0.5) is 13.2 Å². The summed E-state index contributed by atoms with van der Waals surface area (Å²) in [5.41, 5.74) is 7.22. The molecule has 1 aliphatic heterocycles. The lowest BCUT2D eigenvalue weighted by molar-refractivity contribution is -0.122. The Labute approximate surface area is 263 Å². The number of aromatic nitrogens is 3. The van der Waals surface area contributed by atoms with Crippen molar-refractivity contribution in [1.29, 1.82) is 0 Å². The minimum Gasteiger partial charge on any atom is -0.378 e. The molecule has 3 N–H and O–H groups in total. The Hall–Kier alpha value is -5.04. The van der Waals surface area contributed by atoms with Crippen LogP contribution in [0.1, 0.15) is 63.6 Å². The van der Waals surface area contributed by atoms with Gasteiger partial charge in [-0.15, -0.1) is 0 Å². The van der Waals surface area contributed by atoms with Crippen LogP contribution in [0.3, 0.4) is 0 Å². The number of nitrogens with zero attached hydrogens (tertiary/aromatic N) is 4. The van der Waals surface area contributed by atoms with Gasteiger partial charge in [0.1, 0.15) is 29.7 Å². The lowest BCUT2D eigenvalue weighted by Crippen LogP contribution is -2.54. The summed E-state index contributed by atoms with van der Waals surface area (Å²) >= 11 is 0. The van der Waals surface area contributed by atoms with Crippen molar-refractivity contribution in [2.24, 2.45) is 5.73 Å². The molecule has 2 aromatic heterocycles. The summed E-state index contributed by atoms with van der Waals surface area (Å²) < 4.78 is 49.3. The van der Waals surface area contributed by atoms with Crippen molar-refractivity contribution in [2.75, 3.05) is 20.2 Å². The Morgan fingerprint density at radius 1 is 1.04 bits per heavy atom. The first kappa shape index (κ1) is 32.4. The number of methoxy groups -OCH3 is 1. The highest BCUT2D eigenvalue weighted by molar-refractivity contribution is 5.95. The Balaban J connectivity index is 1.49. The average Bonchev–Trinajstić information content (AvgIpc) is 3.40. The van der Waals surface area contributed by atoms with Crippen molar-refractivity contribution in [3.63, 3.8) is 0 Å². The minimum atomic E-state index is -0.966. The van der Waals surface area contributed by atoms with Crippen LogP contribution >= 0.6 is 0 Å². The highest BCUT2D eigenvalue weighted by Gasteiger charge is 2.34. The van der Waals surface area contributed by atoms with Gasteiger partial charge in [-0.1, -0.05) is 26.0 Å². The molecule has 5 rings (SSSR count). The molecule has 2 aromatic carbocycles. The molecule has 3 heterocycles. The number of nitrogens with two attached hydrogens (primary N) is 1. The van der Waals surface area contributed by atoms with E-state index in [0.29, 0.717) is 29.9 Å². The van der Waals surface area contributed by atoms with Gasteiger partial charge in [0.05, 0.1) is 29.1 Å². The van der Waals surface area contributed by atoms with Crippen LogP contribution in [0.5, 0.6) is 0 Å². The molecule has 1 aliphatic rings. The van der Waals surface area contributed by atoms with Gasteiger partial charge in [-0.2, -0.15) is 5.10 Å². The SMILES string of the molecule is COC1CN(C(=O)c2cc(C(C)C)nn2CC(=O)N[C@@H](Cc2cc(F)cc(F)c2)c2ncccc2-c2ccc(F)c(C(N)=O)c2)C1. The molecular formula is C33H33F3N6O4. The van der Waals surface area contributed by atoms with Crippen LogP contribution in [0, 0.1) is 17.5 Å². The van der Waals surface area contributed by atoms with E-state index in [2.05, 4.69) is 15.4 Å². The van der Waals surface area contributed by atoms with Gasteiger partial charge < -0.3 is 20.7 Å². The maximum Gasteiger partial charge on any atom is 0.272 e. The third kappa shape index (κ3) is 7.09. The maximum absolute atomic E-state index is 14.3. The molecule has 10 nitrogen and oxygen atoms in total. The number of carbonyl (C=O) groups excluding carboxylic acids is 3. The average molecular weight is 635 g/mol. The van der Waals surface area contributed by atoms with E-state index in [9.17, 15) is 27.6 Å². The highest BCUT2D eigenvalue weighted by Crippen LogP contribution is 2.30. The number of rotatable bonds is 11. The molecular weight excluding hydrogens is 601 g/mol. The molecule has 13 heteroatoms. The summed E-state index contributed by atoms with van der Waals surface area (Å²) in [6.07, 6.45) is 1.33. The molecule has 0 bridgehead atoms. The van der Waals surface area contributed by atoms with Crippen LogP contribution in [0.25, 0.3) is 11.1 Å². The second-order valence-electron chi connectivity index (χ2n) is 11.4. The van der Waals surface area contributed by atoms with Gasteiger partial charge in [-0.05, 0) is 59.9 Å². The Morgan fingerprint density at radius 3 is 2.41 bits per heavy atom. The number of ether oxygens (including phenoxy) is 1. The highest BCUT2D eigenvalue weighted by atomic mass is 19.1. The van der Waals surface area contributed by atoms with Gasteiger partial charge in [0.15, 0.2) is 0 Å². The summed E-state index contributed by atoms with van der Waals surface area (Å²) in [5, 5.41) is 7.41. The number of pyridine rings is 1. The number of likely N-dealkylation sites (tertiary alicyclic amines) is 1. The van der Waals surface area contributed by atoms with Gasteiger partial charge >= 0.3 is 0 Å². The van der Waals surface area contributed by atoms with Crippen LogP contribution in [-0.4, -0.2) is 63.7 Å². The summed E-state index contributed by atoms with van der Waals surface area (Å²) in [5.74, 6) is -4.23. The topological polar surface area (TPSA) is 132 Å². The minimum absolute atomic E-state index is 0.0216. The van der Waals surface area contributed by atoms with Crippen LogP contribution in [-0.2, 0) is 22.5 Å². The summed E-state index contributed by atoms with van der Waals surface area (Å²) in [6, 6.07) is 10.8. The molecule has 1 atom stereocenters. The zero-order valence-corrected chi connectivity index (χ0v) is 25.5. The monoisotopic (exact) mass is 634 g/mol. The summed E-state index contributed by atoms with van der Waals surface area (Å²) in [7, 11) is 1.58. The van der Waals surface area contributed by atoms with Crippen molar-refractivity contribution in [2.45, 2.75) is 44.9 Å². The largest absolute Gasteiger partial charge is 0.378 e. The Bertz CT molecular complexity index is 1770. The molecule has 0 aliphatic carbocycles. The second-order valence-corrected chi connectivity index (χ2v) is 11.4. The summed E-state index contributed by atoms with van der Waals surface area (Å²) in [4.78, 5) is 44.9. The number of hydrogen-bond donors (Lipinski definition) is 2. The number of nitrogens with one attached hydrogen (secondary N) is 1. The van der Waals surface area contributed by atoms with Crippen LogP contribution < -0.4 is 11.1 Å². The summed E-state index contributed by atoms with van der Waals surface area (Å²) in [6.45, 7) is 4.33. The first-order valence-corrected chi connectivity index (χ1v) is 14.6. The molecule has 1 fully saturated rings. The first-order valence-electron chi connectivity index (χ1n) is 14.6. The van der Waals surface area contributed by atoms with Gasteiger partial charge in [0.25, 0.3) is 11.8 Å². The fraction of sp³-hybridized carbons (Fsp3) is 0.303. The van der Waals surface area contributed by atoms with Crippen LogP contribution in [0.2, 0.25) is 0 Å². The van der Waals surface area contributed by atoms with E-state index >= 15 is 0 Å². The Kier molecular flexibility index (Phi) is 9.52. The quantitative estimate of drug-likeness (QED) is 0.255. The van der Waals surface area contributed by atoms with Gasteiger partial charge in [-0.25, -0.2) is 13.2 Å². The number of carbonyl (C=O) groups is 3. The fourth-order valence-corrected chi connectivity index (χ4v) is 5.30. The van der Waals surface area contributed by atoms with E-state index in [-0.39, 0.29) is 53.4 Å². The van der Waals surface area contributed by atoms with E-state index in [0.717, 1.165) is 24.3 Å². The Morgan fingerprint density at radius 2 is 1.76 bits per heavy atom. The van der Waals surface area contributed by atoms with Crippen LogP contribution in [0.15, 0.2) is 60.8 Å². The van der Waals surface area contributed by atoms with Gasteiger partial charge in [-0.3, -0.25) is 24.0 Å². The van der Waals surface area contributed by atoms with Crippen molar-refractivity contribution < 1.29 is 32.3 Å². The van der Waals surface area contributed by atoms with Gasteiger partial charge in [0, 0.05) is 38.0 Å². The lowest BCUT2D eigenvalue weighted by Gasteiger charge is -2.38. The normalized spacial score (nSPS) is 13.8. The third-order valence-corrected chi connectivity index (χ3v) is 7.78. The van der Waals surface area contributed by atoms with E-state index in [1.54, 1.807) is 30.2 Å². The second kappa shape index (κ2) is 13.5. The molecule has 0 unspecified atom stereocenters. The number of halogens is 3. The molecule has 0 spiro atoms. The standard InChI is InChI=1S/C33H33F3N6O4/c1-18(2)27-14-29(33(45)41-15-23(16-41)46-3)42(40-27)17-30(43)39-28(11-19-9-21(34)13-22(35)10-19)31-24(5-4-8-38-31)20-6-7-26(36)25(12-20)32(37)44/h4-10,12-14,18,23,28H,11,15-17H2,1-3H3,(H2,37,44)(H,39,43)/t28-/m0/s1. The fourth-order valence-electron chi connectivity index (χ4n) is 5.30. The van der Waals surface area contributed by atoms with Crippen molar-refractivity contribution in [3.8, 4) is 11.1 Å². The lowest BCUT2D eigenvalue weighted by atomic mass is 9.94. The van der Waals surface area contributed by atoms with Crippen molar-refractivity contribution >= 4 is 17.7 Å². The molecule has 4 aromatic rings. The smallest absolute Gasteiger partial charge is 0.272 e. The van der Waals surface area contributed by atoms with Crippen molar-refractivity contribution in [3.05, 3.63) is 106 Å². The molecule has 240 valence electrons. The zero-order valence-electron chi connectivity index (χ0n) is 25.5. The van der Waals surface area contributed by atoms with E-state index < -0.39 is 35.3 Å². The van der Waals surface area contributed by atoms with Crippen molar-refractivity contribution in [1.82, 2.24) is 25.0 Å². The molecule has 3 amide bonds. The molecule has 1 saturated heterocycles.